The molecule has 112 valence electrons. The van der Waals surface area contributed by atoms with Crippen molar-refractivity contribution in [3.8, 4) is 0 Å². The number of halogens is 1. The lowest BCUT2D eigenvalue weighted by Crippen LogP contribution is -2.27. The van der Waals surface area contributed by atoms with Crippen LogP contribution in [0.15, 0.2) is 54.9 Å². The normalized spacial score (nSPS) is 9.71. The average molecular weight is 306 g/mol. The summed E-state index contributed by atoms with van der Waals surface area (Å²) in [5.74, 6) is -0.0459. The molecule has 0 atom stereocenters. The number of nitrogens with one attached hydrogen (secondary N) is 2. The van der Waals surface area contributed by atoms with Gasteiger partial charge in [-0.3, -0.25) is 9.78 Å². The van der Waals surface area contributed by atoms with E-state index in [4.69, 9.17) is 0 Å². The Morgan fingerprint density at radius 1 is 1.00 bits per heavy atom. The van der Waals surface area contributed by atoms with Gasteiger partial charge in [0.2, 0.25) is 0 Å². The summed E-state index contributed by atoms with van der Waals surface area (Å²) in [6.45, 7) is 2.41. The fourth-order valence-electron chi connectivity index (χ4n) is 1.85. The van der Waals surface area contributed by atoms with Crippen molar-refractivity contribution in [1.82, 2.24) is 15.6 Å². The highest BCUT2D eigenvalue weighted by molar-refractivity contribution is 5.93. The molecule has 0 fully saturated rings. The number of aromatic nitrogens is 1. The minimum absolute atomic E-state index is 0. The first-order valence-electron chi connectivity index (χ1n) is 6.79. The van der Waals surface area contributed by atoms with E-state index in [1.165, 1.54) is 5.56 Å². The molecule has 1 aromatic heterocycles. The summed E-state index contributed by atoms with van der Waals surface area (Å²) in [5.41, 5.74) is 1.92. The van der Waals surface area contributed by atoms with Crippen LogP contribution in [0.2, 0.25) is 0 Å². The zero-order valence-electron chi connectivity index (χ0n) is 11.8. The Kier molecular flexibility index (Phi) is 8.09. The minimum atomic E-state index is -0.0459. The second-order valence-electron chi connectivity index (χ2n) is 4.51. The Morgan fingerprint density at radius 2 is 1.71 bits per heavy atom. The Balaban J connectivity index is 0.00000220. The summed E-state index contributed by atoms with van der Waals surface area (Å²) in [6, 6.07) is 13.7. The van der Waals surface area contributed by atoms with Crippen LogP contribution in [0.3, 0.4) is 0 Å². The van der Waals surface area contributed by atoms with Crippen LogP contribution in [-0.4, -0.2) is 24.0 Å². The highest BCUT2D eigenvalue weighted by atomic mass is 35.5. The molecular formula is C16H20ClN3O. The van der Waals surface area contributed by atoms with E-state index in [9.17, 15) is 4.79 Å². The van der Waals surface area contributed by atoms with Gasteiger partial charge in [-0.25, -0.2) is 0 Å². The SMILES string of the molecule is Cl.O=C(NCCCNCc1ccccc1)c1ccncc1. The van der Waals surface area contributed by atoms with Crippen molar-refractivity contribution in [3.63, 3.8) is 0 Å². The van der Waals surface area contributed by atoms with Gasteiger partial charge in [0.1, 0.15) is 0 Å². The highest BCUT2D eigenvalue weighted by Gasteiger charge is 2.02. The molecular weight excluding hydrogens is 286 g/mol. The van der Waals surface area contributed by atoms with Gasteiger partial charge in [-0.15, -0.1) is 12.4 Å². The molecule has 2 rings (SSSR count). The standard InChI is InChI=1S/C16H19N3O.ClH/c20-16(15-7-11-17-12-8-15)19-10-4-9-18-13-14-5-2-1-3-6-14;/h1-3,5-8,11-12,18H,4,9-10,13H2,(H,19,20);1H. The van der Waals surface area contributed by atoms with Gasteiger partial charge >= 0.3 is 0 Å². The van der Waals surface area contributed by atoms with E-state index in [-0.39, 0.29) is 18.3 Å². The van der Waals surface area contributed by atoms with Crippen molar-refractivity contribution in [1.29, 1.82) is 0 Å². The van der Waals surface area contributed by atoms with Crippen molar-refractivity contribution in [2.24, 2.45) is 0 Å². The van der Waals surface area contributed by atoms with E-state index in [2.05, 4.69) is 27.8 Å². The van der Waals surface area contributed by atoms with E-state index < -0.39 is 0 Å². The van der Waals surface area contributed by atoms with Crippen LogP contribution in [0.5, 0.6) is 0 Å². The van der Waals surface area contributed by atoms with Crippen LogP contribution in [0.1, 0.15) is 22.3 Å². The Bertz CT molecular complexity index is 520. The Morgan fingerprint density at radius 3 is 2.43 bits per heavy atom. The first-order valence-corrected chi connectivity index (χ1v) is 6.79. The van der Waals surface area contributed by atoms with E-state index in [0.29, 0.717) is 12.1 Å². The van der Waals surface area contributed by atoms with Crippen LogP contribution in [0.25, 0.3) is 0 Å². The topological polar surface area (TPSA) is 54.0 Å². The van der Waals surface area contributed by atoms with Crippen molar-refractivity contribution >= 4 is 18.3 Å². The third-order valence-corrected chi connectivity index (χ3v) is 2.93. The lowest BCUT2D eigenvalue weighted by Gasteiger charge is -2.06. The van der Waals surface area contributed by atoms with Gasteiger partial charge in [0.15, 0.2) is 0 Å². The summed E-state index contributed by atoms with van der Waals surface area (Å²) in [5, 5.41) is 6.24. The molecule has 0 unspecified atom stereocenters. The highest BCUT2D eigenvalue weighted by Crippen LogP contribution is 1.97. The number of amides is 1. The molecule has 0 bridgehead atoms. The molecule has 0 saturated carbocycles. The van der Waals surface area contributed by atoms with E-state index in [1.807, 2.05) is 18.2 Å². The number of nitrogens with zero attached hydrogens (tertiary/aromatic N) is 1. The molecule has 21 heavy (non-hydrogen) atoms. The number of benzene rings is 1. The number of carbonyl (C=O) groups is 1. The minimum Gasteiger partial charge on any atom is -0.352 e. The van der Waals surface area contributed by atoms with Crippen molar-refractivity contribution in [2.45, 2.75) is 13.0 Å². The van der Waals surface area contributed by atoms with E-state index >= 15 is 0 Å². The summed E-state index contributed by atoms with van der Waals surface area (Å²) in [7, 11) is 0. The monoisotopic (exact) mass is 305 g/mol. The molecule has 1 aromatic carbocycles. The van der Waals surface area contributed by atoms with Crippen LogP contribution < -0.4 is 10.6 Å². The molecule has 0 aliphatic rings. The smallest absolute Gasteiger partial charge is 0.251 e. The summed E-state index contributed by atoms with van der Waals surface area (Å²) in [4.78, 5) is 15.6. The Labute approximate surface area is 131 Å². The fourth-order valence-corrected chi connectivity index (χ4v) is 1.85. The van der Waals surface area contributed by atoms with Crippen LogP contribution in [0, 0.1) is 0 Å². The molecule has 4 nitrogen and oxygen atoms in total. The molecule has 2 aromatic rings. The molecule has 2 N–H and O–H groups in total. The van der Waals surface area contributed by atoms with E-state index in [1.54, 1.807) is 24.5 Å². The first kappa shape index (κ1) is 17.1. The van der Waals surface area contributed by atoms with Gasteiger partial charge in [0.25, 0.3) is 5.91 Å². The summed E-state index contributed by atoms with van der Waals surface area (Å²) in [6.07, 6.45) is 4.15. The largest absolute Gasteiger partial charge is 0.352 e. The zero-order chi connectivity index (χ0) is 14.0. The predicted octanol–water partition coefficient (Wildman–Crippen LogP) is 2.41. The molecule has 1 amide bonds. The second kappa shape index (κ2) is 9.91. The van der Waals surface area contributed by atoms with Crippen LogP contribution in [-0.2, 0) is 6.54 Å². The maximum Gasteiger partial charge on any atom is 0.251 e. The zero-order valence-corrected chi connectivity index (χ0v) is 12.6. The van der Waals surface area contributed by atoms with Gasteiger partial charge < -0.3 is 10.6 Å². The number of pyridine rings is 1. The quantitative estimate of drug-likeness (QED) is 0.772. The van der Waals surface area contributed by atoms with Crippen molar-refractivity contribution < 1.29 is 4.79 Å². The Hall–Kier alpha value is -1.91. The predicted molar refractivity (Wildman–Crippen MR) is 86.6 cm³/mol. The van der Waals surface area contributed by atoms with E-state index in [0.717, 1.165) is 19.5 Å². The number of carbonyl (C=O) groups excluding carboxylic acids is 1. The molecule has 1 heterocycles. The fraction of sp³-hybridized carbons (Fsp3) is 0.250. The lowest BCUT2D eigenvalue weighted by atomic mass is 10.2. The number of hydrogen-bond donors (Lipinski definition) is 2. The van der Waals surface area contributed by atoms with Gasteiger partial charge in [0, 0.05) is 31.0 Å². The molecule has 0 saturated heterocycles. The van der Waals surface area contributed by atoms with Crippen LogP contribution >= 0.6 is 12.4 Å². The lowest BCUT2D eigenvalue weighted by molar-refractivity contribution is 0.0953. The average Bonchev–Trinajstić information content (AvgIpc) is 2.52. The number of rotatable bonds is 7. The third kappa shape index (κ3) is 6.38. The molecule has 0 aliphatic carbocycles. The number of hydrogen-bond acceptors (Lipinski definition) is 3. The third-order valence-electron chi connectivity index (χ3n) is 2.93. The maximum absolute atomic E-state index is 11.7. The van der Waals surface area contributed by atoms with Crippen LogP contribution in [0.4, 0.5) is 0 Å². The van der Waals surface area contributed by atoms with Gasteiger partial charge in [0.05, 0.1) is 0 Å². The second-order valence-corrected chi connectivity index (χ2v) is 4.51. The maximum atomic E-state index is 11.7. The van der Waals surface area contributed by atoms with Gasteiger partial charge in [-0.05, 0) is 30.7 Å². The first-order chi connectivity index (χ1) is 9.86. The van der Waals surface area contributed by atoms with Gasteiger partial charge in [-0.1, -0.05) is 30.3 Å². The molecule has 0 radical (unpaired) electrons. The van der Waals surface area contributed by atoms with Crippen molar-refractivity contribution in [2.75, 3.05) is 13.1 Å². The molecule has 0 aliphatic heterocycles. The summed E-state index contributed by atoms with van der Waals surface area (Å²) < 4.78 is 0. The molecule has 0 spiro atoms. The van der Waals surface area contributed by atoms with Crippen molar-refractivity contribution in [3.05, 3.63) is 66.0 Å². The van der Waals surface area contributed by atoms with Gasteiger partial charge in [-0.2, -0.15) is 0 Å². The summed E-state index contributed by atoms with van der Waals surface area (Å²) >= 11 is 0. The molecule has 5 heteroatoms.